The molecule has 2 aliphatic rings. The molecule has 0 saturated heterocycles. The lowest BCUT2D eigenvalue weighted by molar-refractivity contribution is -0.385. The van der Waals surface area contributed by atoms with Gasteiger partial charge in [0.1, 0.15) is 5.56 Å². The van der Waals surface area contributed by atoms with Gasteiger partial charge in [-0.3, -0.25) is 14.9 Å². The maximum absolute atomic E-state index is 12.3. The highest BCUT2D eigenvalue weighted by molar-refractivity contribution is 5.96. The SMILES string of the molecule is CC1CCCC(NC(=O)COC(=O)c2cc3c(cc2[N+](=O)[O-])OCO3)C1C. The zero-order valence-corrected chi connectivity index (χ0v) is 15.2. The van der Waals surface area contributed by atoms with Gasteiger partial charge in [0.05, 0.1) is 11.0 Å². The summed E-state index contributed by atoms with van der Waals surface area (Å²) < 4.78 is 15.2. The molecule has 3 unspecified atom stereocenters. The second-order valence-corrected chi connectivity index (χ2v) is 7.00. The van der Waals surface area contributed by atoms with E-state index in [1.54, 1.807) is 0 Å². The van der Waals surface area contributed by atoms with Crippen molar-refractivity contribution >= 4 is 17.6 Å². The topological polar surface area (TPSA) is 117 Å². The first kappa shape index (κ1) is 18.9. The van der Waals surface area contributed by atoms with Crippen LogP contribution in [0.15, 0.2) is 12.1 Å². The van der Waals surface area contributed by atoms with Gasteiger partial charge in [-0.2, -0.15) is 0 Å². The van der Waals surface area contributed by atoms with Crippen molar-refractivity contribution in [1.82, 2.24) is 5.32 Å². The van der Waals surface area contributed by atoms with Crippen molar-refractivity contribution in [2.24, 2.45) is 11.8 Å². The number of carbonyl (C=O) groups is 2. The predicted molar refractivity (Wildman–Crippen MR) is 93.6 cm³/mol. The molecule has 9 nitrogen and oxygen atoms in total. The van der Waals surface area contributed by atoms with E-state index in [2.05, 4.69) is 19.2 Å². The monoisotopic (exact) mass is 378 g/mol. The van der Waals surface area contributed by atoms with Gasteiger partial charge in [-0.15, -0.1) is 0 Å². The molecule has 1 aromatic rings. The molecular weight excluding hydrogens is 356 g/mol. The van der Waals surface area contributed by atoms with Crippen LogP contribution in [-0.4, -0.2) is 36.2 Å². The number of nitrogens with zero attached hydrogens (tertiary/aromatic N) is 1. The molecule has 1 aromatic carbocycles. The molecule has 1 fully saturated rings. The largest absolute Gasteiger partial charge is 0.454 e. The third-order valence-electron chi connectivity index (χ3n) is 5.30. The summed E-state index contributed by atoms with van der Waals surface area (Å²) in [6, 6.07) is 2.36. The molecule has 0 aromatic heterocycles. The second kappa shape index (κ2) is 7.81. The second-order valence-electron chi connectivity index (χ2n) is 7.00. The Labute approximate surface area is 156 Å². The van der Waals surface area contributed by atoms with Gasteiger partial charge in [0.25, 0.3) is 11.6 Å². The number of nitro groups is 1. The van der Waals surface area contributed by atoms with Gasteiger partial charge >= 0.3 is 5.97 Å². The van der Waals surface area contributed by atoms with E-state index in [0.717, 1.165) is 25.3 Å². The minimum absolute atomic E-state index is 0.0415. The lowest BCUT2D eigenvalue weighted by Crippen LogP contribution is -2.45. The molecule has 0 radical (unpaired) electrons. The molecule has 27 heavy (non-hydrogen) atoms. The summed E-state index contributed by atoms with van der Waals surface area (Å²) in [6.07, 6.45) is 3.06. The number of hydrogen-bond donors (Lipinski definition) is 1. The summed E-state index contributed by atoms with van der Waals surface area (Å²) in [6.45, 7) is 3.67. The van der Waals surface area contributed by atoms with Gasteiger partial charge in [-0.05, 0) is 18.3 Å². The average Bonchev–Trinajstić information content (AvgIpc) is 3.10. The van der Waals surface area contributed by atoms with Crippen LogP contribution in [0.4, 0.5) is 5.69 Å². The number of carbonyl (C=O) groups excluding carboxylic acids is 2. The molecule has 1 aliphatic carbocycles. The molecule has 1 saturated carbocycles. The van der Waals surface area contributed by atoms with E-state index in [4.69, 9.17) is 14.2 Å². The van der Waals surface area contributed by atoms with Gasteiger partial charge in [-0.25, -0.2) is 4.79 Å². The lowest BCUT2D eigenvalue weighted by atomic mass is 9.78. The Hall–Kier alpha value is -2.84. The molecule has 0 spiro atoms. The summed E-state index contributed by atoms with van der Waals surface area (Å²) in [5, 5.41) is 14.1. The highest BCUT2D eigenvalue weighted by Crippen LogP contribution is 2.38. The van der Waals surface area contributed by atoms with Gasteiger partial charge in [0, 0.05) is 12.1 Å². The van der Waals surface area contributed by atoms with E-state index in [9.17, 15) is 19.7 Å². The number of rotatable bonds is 5. The van der Waals surface area contributed by atoms with Crippen LogP contribution in [0.3, 0.4) is 0 Å². The van der Waals surface area contributed by atoms with Crippen LogP contribution in [0.2, 0.25) is 0 Å². The zero-order valence-electron chi connectivity index (χ0n) is 15.2. The van der Waals surface area contributed by atoms with Gasteiger partial charge in [0.2, 0.25) is 6.79 Å². The highest BCUT2D eigenvalue weighted by atomic mass is 16.7. The Balaban J connectivity index is 1.62. The molecule has 3 rings (SSSR count). The predicted octanol–water partition coefficient (Wildman–Crippen LogP) is 2.42. The lowest BCUT2D eigenvalue weighted by Gasteiger charge is -2.34. The maximum atomic E-state index is 12.3. The smallest absolute Gasteiger partial charge is 0.345 e. The van der Waals surface area contributed by atoms with Crippen LogP contribution >= 0.6 is 0 Å². The molecule has 0 bridgehead atoms. The van der Waals surface area contributed by atoms with Gasteiger partial charge in [0.15, 0.2) is 18.1 Å². The summed E-state index contributed by atoms with van der Waals surface area (Å²) in [4.78, 5) is 34.9. The number of ether oxygens (including phenoxy) is 3. The van der Waals surface area contributed by atoms with E-state index in [0.29, 0.717) is 11.8 Å². The first-order valence-electron chi connectivity index (χ1n) is 8.91. The van der Waals surface area contributed by atoms with Crippen LogP contribution in [0.25, 0.3) is 0 Å². The zero-order chi connectivity index (χ0) is 19.6. The molecule has 9 heteroatoms. The number of amides is 1. The van der Waals surface area contributed by atoms with E-state index in [1.807, 2.05) is 0 Å². The van der Waals surface area contributed by atoms with Crippen molar-refractivity contribution in [3.05, 3.63) is 27.8 Å². The van der Waals surface area contributed by atoms with Crippen molar-refractivity contribution < 1.29 is 28.7 Å². The van der Waals surface area contributed by atoms with Gasteiger partial charge in [-0.1, -0.05) is 26.7 Å². The van der Waals surface area contributed by atoms with E-state index >= 15 is 0 Å². The van der Waals surface area contributed by atoms with Crippen molar-refractivity contribution in [2.45, 2.75) is 39.2 Å². The van der Waals surface area contributed by atoms with Crippen molar-refractivity contribution in [3.8, 4) is 11.5 Å². The summed E-state index contributed by atoms with van der Waals surface area (Å²) in [5.41, 5.74) is -0.740. The number of nitrogens with one attached hydrogen (secondary N) is 1. The van der Waals surface area contributed by atoms with E-state index in [1.165, 1.54) is 6.07 Å². The Morgan fingerprint density at radius 1 is 1.26 bits per heavy atom. The fourth-order valence-electron chi connectivity index (χ4n) is 3.49. The number of benzene rings is 1. The molecule has 146 valence electrons. The average molecular weight is 378 g/mol. The highest BCUT2D eigenvalue weighted by Gasteiger charge is 2.30. The standard InChI is InChI=1S/C18H22N2O7/c1-10-4-3-5-13(11(10)2)19-17(21)8-25-18(22)12-6-15-16(27-9-26-15)7-14(12)20(23)24/h6-7,10-11,13H,3-5,8-9H2,1-2H3,(H,19,21). The molecule has 1 heterocycles. The molecule has 1 amide bonds. The fourth-order valence-corrected chi connectivity index (χ4v) is 3.49. The number of fused-ring (bicyclic) bond motifs is 1. The van der Waals surface area contributed by atoms with E-state index in [-0.39, 0.29) is 29.9 Å². The van der Waals surface area contributed by atoms with Crippen LogP contribution < -0.4 is 14.8 Å². The van der Waals surface area contributed by atoms with Crippen molar-refractivity contribution in [2.75, 3.05) is 13.4 Å². The minimum atomic E-state index is -0.958. The summed E-state index contributed by atoms with van der Waals surface area (Å²) in [5.74, 6) is -0.104. The number of nitro benzene ring substituents is 1. The Kier molecular flexibility index (Phi) is 5.48. The molecule has 3 atom stereocenters. The summed E-state index contributed by atoms with van der Waals surface area (Å²) >= 11 is 0. The first-order chi connectivity index (χ1) is 12.9. The Morgan fingerprint density at radius 3 is 2.67 bits per heavy atom. The Bertz CT molecular complexity index is 764. The third kappa shape index (κ3) is 4.12. The molecular formula is C18H22N2O7. The quantitative estimate of drug-likeness (QED) is 0.475. The van der Waals surface area contributed by atoms with Crippen molar-refractivity contribution in [1.29, 1.82) is 0 Å². The van der Waals surface area contributed by atoms with Crippen LogP contribution in [0, 0.1) is 22.0 Å². The van der Waals surface area contributed by atoms with Crippen LogP contribution in [0.5, 0.6) is 11.5 Å². The maximum Gasteiger partial charge on any atom is 0.345 e. The fraction of sp³-hybridized carbons (Fsp3) is 0.556. The van der Waals surface area contributed by atoms with E-state index < -0.39 is 29.1 Å². The molecule has 1 N–H and O–H groups in total. The van der Waals surface area contributed by atoms with Crippen LogP contribution in [0.1, 0.15) is 43.5 Å². The normalized spacial score (nSPS) is 23.6. The number of esters is 1. The van der Waals surface area contributed by atoms with Crippen molar-refractivity contribution in [3.63, 3.8) is 0 Å². The van der Waals surface area contributed by atoms with Crippen LogP contribution in [-0.2, 0) is 9.53 Å². The number of hydrogen-bond acceptors (Lipinski definition) is 7. The first-order valence-corrected chi connectivity index (χ1v) is 8.91. The molecule has 1 aliphatic heterocycles. The minimum Gasteiger partial charge on any atom is -0.454 e. The Morgan fingerprint density at radius 2 is 1.96 bits per heavy atom. The third-order valence-corrected chi connectivity index (χ3v) is 5.30. The van der Waals surface area contributed by atoms with Gasteiger partial charge < -0.3 is 19.5 Å². The summed E-state index contributed by atoms with van der Waals surface area (Å²) in [7, 11) is 0.